The Morgan fingerprint density at radius 3 is 2.83 bits per heavy atom. The minimum atomic E-state index is 0.577. The van der Waals surface area contributed by atoms with E-state index in [1.54, 1.807) is 7.11 Å². The van der Waals surface area contributed by atoms with Gasteiger partial charge in [-0.15, -0.1) is 5.10 Å². The smallest absolute Gasteiger partial charge is 0.182 e. The fourth-order valence-electron chi connectivity index (χ4n) is 2.70. The first kappa shape index (κ1) is 15.7. The summed E-state index contributed by atoms with van der Waals surface area (Å²) in [5.74, 6) is 1.38. The van der Waals surface area contributed by atoms with Gasteiger partial charge in [0.05, 0.1) is 26.0 Å². The molecule has 0 spiro atoms. The van der Waals surface area contributed by atoms with Crippen molar-refractivity contribution >= 4 is 5.69 Å². The molecule has 1 aliphatic rings. The molecule has 0 radical (unpaired) electrons. The van der Waals surface area contributed by atoms with Gasteiger partial charge in [0.25, 0.3) is 0 Å². The number of aryl methyl sites for hydroxylation is 1. The van der Waals surface area contributed by atoms with E-state index in [0.29, 0.717) is 11.4 Å². The number of tetrazole rings is 1. The van der Waals surface area contributed by atoms with Crippen LogP contribution in [0, 0.1) is 0 Å². The minimum absolute atomic E-state index is 0.577. The standard InChI is InChI=1S/C15H22N6O2/c1-22-14-4-3-12(11-13(14)16)15-17-18-19-21(15)6-2-5-20-7-9-23-10-8-20/h3-4,11H,2,5-10,16H2,1H3. The van der Waals surface area contributed by atoms with Gasteiger partial charge in [0, 0.05) is 31.7 Å². The van der Waals surface area contributed by atoms with Crippen molar-refractivity contribution in [2.75, 3.05) is 45.7 Å². The second-order valence-electron chi connectivity index (χ2n) is 5.49. The zero-order chi connectivity index (χ0) is 16.1. The summed E-state index contributed by atoms with van der Waals surface area (Å²) in [4.78, 5) is 2.40. The average molecular weight is 318 g/mol. The van der Waals surface area contributed by atoms with E-state index in [1.165, 1.54) is 0 Å². The number of nitrogens with two attached hydrogens (primary N) is 1. The third-order valence-corrected chi connectivity index (χ3v) is 3.97. The molecule has 1 aromatic carbocycles. The lowest BCUT2D eigenvalue weighted by molar-refractivity contribution is 0.0368. The van der Waals surface area contributed by atoms with E-state index >= 15 is 0 Å². The Labute approximate surface area is 135 Å². The van der Waals surface area contributed by atoms with Crippen LogP contribution in [0.25, 0.3) is 11.4 Å². The van der Waals surface area contributed by atoms with Crippen LogP contribution in [-0.2, 0) is 11.3 Å². The predicted molar refractivity (Wildman–Crippen MR) is 86.1 cm³/mol. The minimum Gasteiger partial charge on any atom is -0.495 e. The maximum atomic E-state index is 5.96. The first-order chi connectivity index (χ1) is 11.3. The number of benzene rings is 1. The fourth-order valence-corrected chi connectivity index (χ4v) is 2.70. The third-order valence-electron chi connectivity index (χ3n) is 3.97. The SMILES string of the molecule is COc1ccc(-c2nnnn2CCCN2CCOCC2)cc1N. The molecule has 1 saturated heterocycles. The van der Waals surface area contributed by atoms with Crippen LogP contribution in [0.1, 0.15) is 6.42 Å². The molecule has 2 heterocycles. The van der Waals surface area contributed by atoms with Gasteiger partial charge in [0.15, 0.2) is 5.82 Å². The molecule has 1 fully saturated rings. The predicted octanol–water partition coefficient (Wildman–Crippen LogP) is 0.653. The number of morpholine rings is 1. The Bertz CT molecular complexity index is 639. The van der Waals surface area contributed by atoms with Crippen LogP contribution < -0.4 is 10.5 Å². The molecule has 0 unspecified atom stereocenters. The van der Waals surface area contributed by atoms with E-state index in [4.69, 9.17) is 15.2 Å². The molecule has 8 nitrogen and oxygen atoms in total. The largest absolute Gasteiger partial charge is 0.495 e. The number of anilines is 1. The van der Waals surface area contributed by atoms with Gasteiger partial charge in [-0.3, -0.25) is 4.90 Å². The number of hydrogen-bond donors (Lipinski definition) is 1. The zero-order valence-electron chi connectivity index (χ0n) is 13.3. The summed E-state index contributed by atoms with van der Waals surface area (Å²) in [5, 5.41) is 12.0. The van der Waals surface area contributed by atoms with Crippen LogP contribution in [0.5, 0.6) is 5.75 Å². The summed E-state index contributed by atoms with van der Waals surface area (Å²) in [6.07, 6.45) is 0.990. The Morgan fingerprint density at radius 2 is 2.09 bits per heavy atom. The van der Waals surface area contributed by atoms with Gasteiger partial charge in [0.1, 0.15) is 5.75 Å². The van der Waals surface area contributed by atoms with E-state index in [9.17, 15) is 0 Å². The van der Waals surface area contributed by atoms with Crippen molar-refractivity contribution < 1.29 is 9.47 Å². The van der Waals surface area contributed by atoms with Crippen LogP contribution in [0.15, 0.2) is 18.2 Å². The molecule has 0 aliphatic carbocycles. The third kappa shape index (κ3) is 3.77. The molecule has 0 atom stereocenters. The highest BCUT2D eigenvalue weighted by Crippen LogP contribution is 2.26. The molecule has 23 heavy (non-hydrogen) atoms. The van der Waals surface area contributed by atoms with Gasteiger partial charge in [-0.2, -0.15) is 0 Å². The summed E-state index contributed by atoms with van der Waals surface area (Å²) >= 11 is 0. The van der Waals surface area contributed by atoms with Crippen LogP contribution in [0.4, 0.5) is 5.69 Å². The molecule has 8 heteroatoms. The van der Waals surface area contributed by atoms with Crippen LogP contribution in [0.2, 0.25) is 0 Å². The lowest BCUT2D eigenvalue weighted by Gasteiger charge is -2.26. The van der Waals surface area contributed by atoms with Crippen LogP contribution >= 0.6 is 0 Å². The highest BCUT2D eigenvalue weighted by Gasteiger charge is 2.13. The molecular weight excluding hydrogens is 296 g/mol. The van der Waals surface area contributed by atoms with Crippen molar-refractivity contribution in [3.8, 4) is 17.1 Å². The van der Waals surface area contributed by atoms with Crippen LogP contribution in [-0.4, -0.2) is 65.1 Å². The van der Waals surface area contributed by atoms with Crippen molar-refractivity contribution in [3.05, 3.63) is 18.2 Å². The Hall–Kier alpha value is -2.19. The summed E-state index contributed by atoms with van der Waals surface area (Å²) in [6.45, 7) is 5.43. The second-order valence-corrected chi connectivity index (χ2v) is 5.49. The van der Waals surface area contributed by atoms with Crippen LogP contribution in [0.3, 0.4) is 0 Å². The molecule has 2 N–H and O–H groups in total. The Kier molecular flexibility index (Phi) is 5.04. The summed E-state index contributed by atoms with van der Waals surface area (Å²) in [5.41, 5.74) is 7.43. The van der Waals surface area contributed by atoms with Gasteiger partial charge >= 0.3 is 0 Å². The number of ether oxygens (including phenoxy) is 2. The second kappa shape index (κ2) is 7.38. The summed E-state index contributed by atoms with van der Waals surface area (Å²) in [7, 11) is 1.60. The van der Waals surface area contributed by atoms with E-state index in [1.807, 2.05) is 22.9 Å². The van der Waals surface area contributed by atoms with Gasteiger partial charge in [-0.1, -0.05) is 0 Å². The number of rotatable bonds is 6. The van der Waals surface area contributed by atoms with Crippen molar-refractivity contribution in [2.24, 2.45) is 0 Å². The van der Waals surface area contributed by atoms with Gasteiger partial charge in [-0.25, -0.2) is 4.68 Å². The maximum absolute atomic E-state index is 5.96. The fraction of sp³-hybridized carbons (Fsp3) is 0.533. The van der Waals surface area contributed by atoms with E-state index in [-0.39, 0.29) is 0 Å². The van der Waals surface area contributed by atoms with Gasteiger partial charge in [-0.05, 0) is 35.0 Å². The van der Waals surface area contributed by atoms with Gasteiger partial charge in [0.2, 0.25) is 0 Å². The van der Waals surface area contributed by atoms with E-state index in [2.05, 4.69) is 20.4 Å². The number of nitrogen functional groups attached to an aromatic ring is 1. The first-order valence-electron chi connectivity index (χ1n) is 7.78. The van der Waals surface area contributed by atoms with Crippen molar-refractivity contribution in [1.29, 1.82) is 0 Å². The normalized spacial score (nSPS) is 15.7. The summed E-state index contributed by atoms with van der Waals surface area (Å²) < 4.78 is 12.4. The average Bonchev–Trinajstić information content (AvgIpc) is 3.04. The number of nitrogens with zero attached hydrogens (tertiary/aromatic N) is 5. The Balaban J connectivity index is 1.63. The summed E-state index contributed by atoms with van der Waals surface area (Å²) in [6, 6.07) is 5.58. The van der Waals surface area contributed by atoms with Crippen molar-refractivity contribution in [3.63, 3.8) is 0 Å². The molecule has 0 saturated carbocycles. The monoisotopic (exact) mass is 318 g/mol. The van der Waals surface area contributed by atoms with Gasteiger partial charge < -0.3 is 15.2 Å². The van der Waals surface area contributed by atoms with Crippen molar-refractivity contribution in [1.82, 2.24) is 25.1 Å². The molecule has 1 aromatic heterocycles. The first-order valence-corrected chi connectivity index (χ1v) is 7.78. The molecular formula is C15H22N6O2. The molecule has 124 valence electrons. The zero-order valence-corrected chi connectivity index (χ0v) is 13.3. The highest BCUT2D eigenvalue weighted by molar-refractivity contribution is 5.66. The molecule has 2 aromatic rings. The van der Waals surface area contributed by atoms with E-state index in [0.717, 1.165) is 57.2 Å². The lowest BCUT2D eigenvalue weighted by Crippen LogP contribution is -2.37. The highest BCUT2D eigenvalue weighted by atomic mass is 16.5. The number of hydrogen-bond acceptors (Lipinski definition) is 7. The molecule has 3 rings (SSSR count). The Morgan fingerprint density at radius 1 is 1.26 bits per heavy atom. The topological polar surface area (TPSA) is 91.3 Å². The lowest BCUT2D eigenvalue weighted by atomic mass is 10.1. The van der Waals surface area contributed by atoms with Crippen molar-refractivity contribution in [2.45, 2.75) is 13.0 Å². The molecule has 1 aliphatic heterocycles. The van der Waals surface area contributed by atoms with E-state index < -0.39 is 0 Å². The number of methoxy groups -OCH3 is 1. The molecule has 0 bridgehead atoms. The molecule has 0 amide bonds. The number of aromatic nitrogens is 4. The quantitative estimate of drug-likeness (QED) is 0.782. The maximum Gasteiger partial charge on any atom is 0.182 e.